The number of carboxylic acid groups (broad SMARTS) is 2. The Morgan fingerprint density at radius 2 is 1.03 bits per heavy atom. The number of amides is 2. The molecule has 4 N–H and O–H groups in total. The fourth-order valence-corrected chi connectivity index (χ4v) is 1.20. The van der Waals surface area contributed by atoms with Gasteiger partial charge < -0.3 is 20.8 Å². The Hall–Kier alpha value is -2.50. The van der Waals surface area contributed by atoms with Crippen LogP contribution < -0.4 is 10.6 Å². The van der Waals surface area contributed by atoms with Gasteiger partial charge in [-0.3, -0.25) is 24.0 Å². The molecule has 0 spiro atoms. The van der Waals surface area contributed by atoms with Crippen molar-refractivity contribution >= 4 is 38.7 Å². The Morgan fingerprint density at radius 1 is 0.724 bits per heavy atom. The van der Waals surface area contributed by atoms with Crippen LogP contribution >= 0.6 is 0 Å². The molecule has 0 saturated carbocycles. The first-order valence-corrected chi connectivity index (χ1v) is 10.5. The lowest BCUT2D eigenvalue weighted by atomic mass is 10.2. The number of nitrogens with one attached hydrogen (secondary N) is 2. The van der Waals surface area contributed by atoms with Crippen molar-refractivity contribution in [1.29, 1.82) is 0 Å². The summed E-state index contributed by atoms with van der Waals surface area (Å²) in [7, 11) is -3.68. The van der Waals surface area contributed by atoms with Crippen LogP contribution in [-0.4, -0.2) is 66.8 Å². The summed E-state index contributed by atoms with van der Waals surface area (Å²) >= 11 is 0. The summed E-state index contributed by atoms with van der Waals surface area (Å²) < 4.78 is 21.2. The normalized spacial score (nSPS) is 10.3. The lowest BCUT2D eigenvalue weighted by Gasteiger charge is -2.05. The van der Waals surface area contributed by atoms with Gasteiger partial charge in [-0.2, -0.15) is 0 Å². The Morgan fingerprint density at radius 3 is 1.24 bits per heavy atom. The number of carbonyl (C=O) groups excluding carboxylic acids is 3. The second kappa shape index (κ2) is 15.4. The molecule has 2 amide bonds. The van der Waals surface area contributed by atoms with Gasteiger partial charge >= 0.3 is 11.9 Å². The fourth-order valence-electron chi connectivity index (χ4n) is 0.861. The van der Waals surface area contributed by atoms with Gasteiger partial charge in [-0.1, -0.05) is 41.5 Å². The molecule has 0 aromatic heterocycles. The minimum Gasteiger partial charge on any atom is -0.481 e. The van der Waals surface area contributed by atoms with Crippen LogP contribution in [0.15, 0.2) is 0 Å². The summed E-state index contributed by atoms with van der Waals surface area (Å²) in [6.45, 7) is 9.26. The monoisotopic (exact) mass is 440 g/mol. The van der Waals surface area contributed by atoms with Gasteiger partial charge in [-0.15, -0.1) is 0 Å². The highest BCUT2D eigenvalue weighted by Gasteiger charge is 2.17. The lowest BCUT2D eigenvalue weighted by Crippen LogP contribution is -2.35. The number of rotatable bonds is 7. The van der Waals surface area contributed by atoms with Gasteiger partial charge in [-0.25, -0.2) is 8.42 Å². The second-order valence-electron chi connectivity index (χ2n) is 6.78. The summed E-state index contributed by atoms with van der Waals surface area (Å²) in [5.74, 6) is -2.97. The summed E-state index contributed by atoms with van der Waals surface area (Å²) in [5, 5.41) is 19.6. The van der Waals surface area contributed by atoms with Crippen LogP contribution in [0.2, 0.25) is 0 Å². The molecule has 0 bridgehead atoms. The number of hydrogen-bond donors (Lipinski definition) is 4. The Balaban J connectivity index is -0.000000375. The zero-order valence-corrected chi connectivity index (χ0v) is 18.6. The van der Waals surface area contributed by atoms with Crippen molar-refractivity contribution in [1.82, 2.24) is 10.6 Å². The van der Waals surface area contributed by atoms with E-state index in [1.165, 1.54) is 0 Å². The molecule has 0 saturated heterocycles. The van der Waals surface area contributed by atoms with Gasteiger partial charge in [0.1, 0.15) is 6.54 Å². The molecule has 170 valence electrons. The molecule has 29 heavy (non-hydrogen) atoms. The van der Waals surface area contributed by atoms with E-state index in [0.29, 0.717) is 0 Å². The Kier molecular flexibility index (Phi) is 16.6. The smallest absolute Gasteiger partial charge is 0.322 e. The first-order valence-electron chi connectivity index (χ1n) is 8.66. The van der Waals surface area contributed by atoms with Gasteiger partial charge in [0.15, 0.2) is 0 Å². The molecule has 11 nitrogen and oxygen atoms in total. The topological polar surface area (TPSA) is 184 Å². The van der Waals surface area contributed by atoms with Gasteiger partial charge in [0, 0.05) is 18.1 Å². The van der Waals surface area contributed by atoms with Crippen LogP contribution in [0.25, 0.3) is 0 Å². The van der Waals surface area contributed by atoms with Crippen LogP contribution in [0, 0.1) is 17.8 Å². The van der Waals surface area contributed by atoms with E-state index in [2.05, 4.69) is 10.6 Å². The van der Waals surface area contributed by atoms with E-state index in [9.17, 15) is 32.4 Å². The van der Waals surface area contributed by atoms with Gasteiger partial charge in [-0.05, 0) is 0 Å². The van der Waals surface area contributed by atoms with Crippen molar-refractivity contribution in [2.75, 3.05) is 19.3 Å². The minimum absolute atomic E-state index is 0.153. The highest BCUT2D eigenvalue weighted by atomic mass is 32.2. The van der Waals surface area contributed by atoms with Crippen LogP contribution in [0.3, 0.4) is 0 Å². The largest absolute Gasteiger partial charge is 0.481 e. The third kappa shape index (κ3) is 21.7. The Bertz CT molecular complexity index is 668. The first kappa shape index (κ1) is 31.2. The first-order chi connectivity index (χ1) is 12.9. The van der Waals surface area contributed by atoms with Crippen LogP contribution in [0.4, 0.5) is 0 Å². The van der Waals surface area contributed by atoms with Crippen molar-refractivity contribution in [2.24, 2.45) is 17.8 Å². The summed E-state index contributed by atoms with van der Waals surface area (Å²) in [6, 6.07) is 0. The molecule has 0 atom stereocenters. The minimum atomic E-state index is -3.68. The number of aliphatic carboxylic acids is 2. The maximum absolute atomic E-state index is 10.9. The van der Waals surface area contributed by atoms with Crippen LogP contribution in [0.1, 0.15) is 41.5 Å². The van der Waals surface area contributed by atoms with Crippen LogP contribution in [0.5, 0.6) is 0 Å². The number of sulfone groups is 1. The van der Waals surface area contributed by atoms with Crippen molar-refractivity contribution in [3.8, 4) is 0 Å². The molecule has 0 fully saturated rings. The van der Waals surface area contributed by atoms with E-state index in [4.69, 9.17) is 10.2 Å². The lowest BCUT2D eigenvalue weighted by molar-refractivity contribution is -0.140. The standard InChI is InChI=1S/C7H13NO4S.C6H11NO3.C4H8O2/c1-5(2)7(10)8-4-6(9)13(3,11)12;1-4(2)6(10)7-3-5(8)9;1-3(2)4(5)6/h5H,4H2,1-3H3,(H,8,10);4H,3H2,1-2H3,(H,7,10)(H,8,9);3H,1-2H3,(H,5,6). The van der Waals surface area contributed by atoms with Crippen molar-refractivity contribution in [3.63, 3.8) is 0 Å². The van der Waals surface area contributed by atoms with E-state index in [1.807, 2.05) is 0 Å². The molecule has 0 rings (SSSR count). The van der Waals surface area contributed by atoms with E-state index in [-0.39, 0.29) is 36.1 Å². The number of hydrogen-bond acceptors (Lipinski definition) is 7. The average Bonchev–Trinajstić information content (AvgIpc) is 2.56. The second-order valence-corrected chi connectivity index (χ2v) is 8.78. The third-order valence-electron chi connectivity index (χ3n) is 2.78. The highest BCUT2D eigenvalue weighted by molar-refractivity contribution is 8.05. The predicted molar refractivity (Wildman–Crippen MR) is 106 cm³/mol. The van der Waals surface area contributed by atoms with Gasteiger partial charge in [0.25, 0.3) is 5.12 Å². The molecular formula is C17H32N2O9S. The zero-order chi connectivity index (χ0) is 23.9. The fraction of sp³-hybridized carbons (Fsp3) is 0.706. The molecule has 12 heteroatoms. The van der Waals surface area contributed by atoms with Crippen molar-refractivity contribution in [2.45, 2.75) is 41.5 Å². The zero-order valence-electron chi connectivity index (χ0n) is 17.8. The van der Waals surface area contributed by atoms with Crippen LogP contribution in [-0.2, 0) is 33.8 Å². The molecule has 0 aromatic rings. The van der Waals surface area contributed by atoms with E-state index in [1.54, 1.807) is 41.5 Å². The van der Waals surface area contributed by atoms with Crippen molar-refractivity contribution < 1.29 is 42.6 Å². The third-order valence-corrected chi connectivity index (χ3v) is 3.75. The number of carboxylic acids is 2. The average molecular weight is 441 g/mol. The molecule has 0 unspecified atom stereocenters. The summed E-state index contributed by atoms with van der Waals surface area (Å²) in [4.78, 5) is 52.0. The van der Waals surface area contributed by atoms with E-state index < -0.39 is 33.4 Å². The molecular weight excluding hydrogens is 408 g/mol. The highest BCUT2D eigenvalue weighted by Crippen LogP contribution is 1.91. The van der Waals surface area contributed by atoms with E-state index in [0.717, 1.165) is 6.26 Å². The molecule has 0 heterocycles. The molecule has 0 aliphatic heterocycles. The summed E-state index contributed by atoms with van der Waals surface area (Å²) in [5.41, 5.74) is 0. The quantitative estimate of drug-likeness (QED) is 0.419. The molecule has 0 aliphatic carbocycles. The molecule has 0 aliphatic rings. The van der Waals surface area contributed by atoms with E-state index >= 15 is 0 Å². The molecule has 0 radical (unpaired) electrons. The van der Waals surface area contributed by atoms with Crippen molar-refractivity contribution in [3.05, 3.63) is 0 Å². The van der Waals surface area contributed by atoms with Gasteiger partial charge in [0.2, 0.25) is 21.7 Å². The maximum Gasteiger partial charge on any atom is 0.322 e. The number of carbonyl (C=O) groups is 5. The SMILES string of the molecule is CC(C)C(=O)NCC(=O)O.CC(C)C(=O)NCC(=O)S(C)(=O)=O.CC(C)C(=O)O. The maximum atomic E-state index is 10.9. The summed E-state index contributed by atoms with van der Waals surface area (Å²) in [6.07, 6.45) is 0.816. The molecule has 0 aromatic carbocycles. The predicted octanol–water partition coefficient (Wildman–Crippen LogP) is -0.1000. The van der Waals surface area contributed by atoms with Gasteiger partial charge in [0.05, 0.1) is 12.5 Å². The Labute approximate surface area is 171 Å².